The second-order valence-corrected chi connectivity index (χ2v) is 5.16. The van der Waals surface area contributed by atoms with E-state index in [0.717, 1.165) is 38.5 Å². The molecular weight excluding hydrogens is 254 g/mol. The van der Waals surface area contributed by atoms with Crippen molar-refractivity contribution < 1.29 is 4.74 Å². The highest BCUT2D eigenvalue weighted by molar-refractivity contribution is 5.13. The van der Waals surface area contributed by atoms with E-state index in [9.17, 15) is 0 Å². The second kappa shape index (κ2) is 6.11. The number of morpholine rings is 1. The highest BCUT2D eigenvalue weighted by Gasteiger charge is 2.21. The smallest absolute Gasteiger partial charge is 0.0898 e. The largest absolute Gasteiger partial charge is 0.374 e. The number of ether oxygens (including phenoxy) is 1. The maximum atomic E-state index is 5.79. The fourth-order valence-electron chi connectivity index (χ4n) is 2.42. The monoisotopic (exact) mass is 273 g/mol. The number of aryl methyl sites for hydroxylation is 1. The molecule has 1 fully saturated rings. The van der Waals surface area contributed by atoms with E-state index < -0.39 is 0 Å². The van der Waals surface area contributed by atoms with Gasteiger partial charge in [0.15, 0.2) is 0 Å². The number of hydrogen-bond acceptors (Lipinski definition) is 5. The van der Waals surface area contributed by atoms with E-state index in [1.54, 1.807) is 6.20 Å². The van der Waals surface area contributed by atoms with E-state index in [-0.39, 0.29) is 6.10 Å². The lowest BCUT2D eigenvalue weighted by atomic mass is 10.2. The molecule has 0 aromatic carbocycles. The van der Waals surface area contributed by atoms with E-state index in [2.05, 4.69) is 32.3 Å². The van der Waals surface area contributed by atoms with Gasteiger partial charge in [-0.05, 0) is 18.6 Å². The molecule has 1 aliphatic rings. The lowest BCUT2D eigenvalue weighted by molar-refractivity contribution is -0.0404. The summed E-state index contributed by atoms with van der Waals surface area (Å²) in [5.41, 5.74) is 2.30. The van der Waals surface area contributed by atoms with Gasteiger partial charge in [0.1, 0.15) is 0 Å². The van der Waals surface area contributed by atoms with Crippen LogP contribution in [0.1, 0.15) is 11.3 Å². The number of pyridine rings is 1. The molecule has 1 atom stereocenters. The Hall–Kier alpha value is -1.79. The Bertz CT molecular complexity index is 525. The molecule has 0 bridgehead atoms. The Morgan fingerprint density at radius 2 is 2.35 bits per heavy atom. The van der Waals surface area contributed by atoms with Crippen molar-refractivity contribution in [3.8, 4) is 0 Å². The zero-order chi connectivity index (χ0) is 13.8. The van der Waals surface area contributed by atoms with E-state index in [4.69, 9.17) is 4.74 Å². The first kappa shape index (κ1) is 13.2. The van der Waals surface area contributed by atoms with Crippen molar-refractivity contribution in [1.82, 2.24) is 24.9 Å². The maximum absolute atomic E-state index is 5.79. The third kappa shape index (κ3) is 3.40. The first-order valence-electron chi connectivity index (χ1n) is 6.89. The van der Waals surface area contributed by atoms with Crippen LogP contribution in [-0.2, 0) is 17.8 Å². The van der Waals surface area contributed by atoms with Crippen molar-refractivity contribution in [2.45, 2.75) is 26.1 Å². The van der Waals surface area contributed by atoms with E-state index in [1.807, 2.05) is 24.0 Å². The summed E-state index contributed by atoms with van der Waals surface area (Å²) in [5, 5.41) is 7.81. The highest BCUT2D eigenvalue weighted by atomic mass is 16.5. The molecule has 0 spiro atoms. The molecule has 0 aliphatic carbocycles. The molecule has 20 heavy (non-hydrogen) atoms. The average molecular weight is 273 g/mol. The minimum Gasteiger partial charge on any atom is -0.374 e. The molecule has 2 aromatic heterocycles. The Balaban J connectivity index is 1.56. The highest BCUT2D eigenvalue weighted by Crippen LogP contribution is 2.11. The van der Waals surface area contributed by atoms with Crippen LogP contribution in [0.3, 0.4) is 0 Å². The van der Waals surface area contributed by atoms with Crippen LogP contribution < -0.4 is 0 Å². The van der Waals surface area contributed by atoms with E-state index in [0.29, 0.717) is 0 Å². The molecule has 6 heteroatoms. The molecule has 1 saturated heterocycles. The molecule has 1 aliphatic heterocycles. The second-order valence-electron chi connectivity index (χ2n) is 5.16. The molecule has 0 amide bonds. The van der Waals surface area contributed by atoms with Crippen LogP contribution in [0, 0.1) is 6.92 Å². The van der Waals surface area contributed by atoms with Crippen LogP contribution >= 0.6 is 0 Å². The Morgan fingerprint density at radius 3 is 3.10 bits per heavy atom. The molecular formula is C14H19N5O. The predicted octanol–water partition coefficient (Wildman–Crippen LogP) is 0.883. The van der Waals surface area contributed by atoms with Crippen LogP contribution in [0.25, 0.3) is 0 Å². The summed E-state index contributed by atoms with van der Waals surface area (Å²) in [6, 6.07) is 4.20. The van der Waals surface area contributed by atoms with Crippen LogP contribution in [0.4, 0.5) is 0 Å². The molecule has 0 N–H and O–H groups in total. The van der Waals surface area contributed by atoms with Gasteiger partial charge in [-0.15, -0.1) is 5.10 Å². The number of rotatable bonds is 4. The summed E-state index contributed by atoms with van der Waals surface area (Å²) < 4.78 is 7.61. The topological polar surface area (TPSA) is 56.1 Å². The predicted molar refractivity (Wildman–Crippen MR) is 74.0 cm³/mol. The SMILES string of the molecule is Cc1ccc(CN2CCOC(Cn3ccnn3)C2)cn1. The standard InChI is InChI=1S/C14H19N5O/c1-12-2-3-13(8-15-12)9-18-6-7-20-14(10-18)11-19-5-4-16-17-19/h2-5,8,14H,6-7,9-11H2,1H3. The van der Waals surface area contributed by atoms with Gasteiger partial charge in [0, 0.05) is 37.7 Å². The zero-order valence-corrected chi connectivity index (χ0v) is 11.6. The van der Waals surface area contributed by atoms with E-state index >= 15 is 0 Å². The number of aromatic nitrogens is 4. The normalized spacial score (nSPS) is 20.1. The van der Waals surface area contributed by atoms with Gasteiger partial charge in [-0.25, -0.2) is 4.68 Å². The van der Waals surface area contributed by atoms with Gasteiger partial charge in [-0.1, -0.05) is 11.3 Å². The summed E-state index contributed by atoms with van der Waals surface area (Å²) in [7, 11) is 0. The molecule has 3 rings (SSSR count). The van der Waals surface area contributed by atoms with Crippen molar-refractivity contribution in [2.75, 3.05) is 19.7 Å². The molecule has 6 nitrogen and oxygen atoms in total. The Morgan fingerprint density at radius 1 is 1.40 bits per heavy atom. The molecule has 2 aromatic rings. The third-order valence-corrected chi connectivity index (χ3v) is 3.46. The Kier molecular flexibility index (Phi) is 4.03. The summed E-state index contributed by atoms with van der Waals surface area (Å²) in [4.78, 5) is 6.74. The van der Waals surface area contributed by atoms with Crippen LogP contribution in [0.2, 0.25) is 0 Å². The van der Waals surface area contributed by atoms with Gasteiger partial charge in [-0.3, -0.25) is 9.88 Å². The average Bonchev–Trinajstić information content (AvgIpc) is 2.95. The van der Waals surface area contributed by atoms with Gasteiger partial charge in [-0.2, -0.15) is 0 Å². The minimum absolute atomic E-state index is 0.170. The molecule has 0 radical (unpaired) electrons. The fraction of sp³-hybridized carbons (Fsp3) is 0.500. The van der Waals surface area contributed by atoms with Crippen molar-refractivity contribution in [2.24, 2.45) is 0 Å². The van der Waals surface area contributed by atoms with Crippen LogP contribution in [0.15, 0.2) is 30.7 Å². The van der Waals surface area contributed by atoms with Gasteiger partial charge in [0.05, 0.1) is 25.5 Å². The van der Waals surface area contributed by atoms with E-state index in [1.165, 1.54) is 5.56 Å². The van der Waals surface area contributed by atoms with Gasteiger partial charge in [0.25, 0.3) is 0 Å². The van der Waals surface area contributed by atoms with Crippen LogP contribution in [0.5, 0.6) is 0 Å². The summed E-state index contributed by atoms with van der Waals surface area (Å²) in [6.07, 6.45) is 5.69. The number of hydrogen-bond donors (Lipinski definition) is 0. The first-order chi connectivity index (χ1) is 9.79. The molecule has 0 saturated carbocycles. The third-order valence-electron chi connectivity index (χ3n) is 3.46. The van der Waals surface area contributed by atoms with Gasteiger partial charge >= 0.3 is 0 Å². The fourth-order valence-corrected chi connectivity index (χ4v) is 2.42. The van der Waals surface area contributed by atoms with Crippen molar-refractivity contribution in [3.05, 3.63) is 42.0 Å². The minimum atomic E-state index is 0.170. The lowest BCUT2D eigenvalue weighted by Crippen LogP contribution is -2.43. The van der Waals surface area contributed by atoms with Crippen LogP contribution in [-0.4, -0.2) is 50.7 Å². The number of nitrogens with zero attached hydrogens (tertiary/aromatic N) is 5. The maximum Gasteiger partial charge on any atom is 0.0898 e. The van der Waals surface area contributed by atoms with Crippen molar-refractivity contribution in [1.29, 1.82) is 0 Å². The summed E-state index contributed by atoms with van der Waals surface area (Å²) in [5.74, 6) is 0. The van der Waals surface area contributed by atoms with Gasteiger partial charge < -0.3 is 4.74 Å². The van der Waals surface area contributed by atoms with Crippen molar-refractivity contribution >= 4 is 0 Å². The first-order valence-corrected chi connectivity index (χ1v) is 6.89. The Labute approximate surface area is 118 Å². The molecule has 106 valence electrons. The molecule has 3 heterocycles. The zero-order valence-electron chi connectivity index (χ0n) is 11.6. The molecule has 1 unspecified atom stereocenters. The summed E-state index contributed by atoms with van der Waals surface area (Å²) >= 11 is 0. The summed E-state index contributed by atoms with van der Waals surface area (Å²) in [6.45, 7) is 6.31. The van der Waals surface area contributed by atoms with Gasteiger partial charge in [0.2, 0.25) is 0 Å². The van der Waals surface area contributed by atoms with Crippen molar-refractivity contribution in [3.63, 3.8) is 0 Å². The quantitative estimate of drug-likeness (QED) is 0.828. The lowest BCUT2D eigenvalue weighted by Gasteiger charge is -2.32.